The van der Waals surface area contributed by atoms with Crippen molar-refractivity contribution in [3.8, 4) is 0 Å². The Hall–Kier alpha value is -4.28. The van der Waals surface area contributed by atoms with Crippen molar-refractivity contribution in [1.29, 1.82) is 0 Å². The second-order valence-electron chi connectivity index (χ2n) is 7.12. The quantitative estimate of drug-likeness (QED) is 0.167. The maximum atomic E-state index is 13.1. The van der Waals surface area contributed by atoms with Crippen LogP contribution in [-0.2, 0) is 11.3 Å². The lowest BCUT2D eigenvalue weighted by molar-refractivity contribution is -0.124. The van der Waals surface area contributed by atoms with Gasteiger partial charge in [-0.15, -0.1) is 0 Å². The minimum absolute atomic E-state index is 0.316. The van der Waals surface area contributed by atoms with Crippen LogP contribution in [0.15, 0.2) is 73.2 Å². The number of benzene rings is 2. The van der Waals surface area contributed by atoms with Crippen LogP contribution in [0.1, 0.15) is 11.1 Å². The molecule has 0 saturated carbocycles. The number of hydroxylamine groups is 1. The van der Waals surface area contributed by atoms with Gasteiger partial charge in [0.15, 0.2) is 5.82 Å². The van der Waals surface area contributed by atoms with E-state index >= 15 is 0 Å². The third-order valence-corrected chi connectivity index (χ3v) is 4.88. The Morgan fingerprint density at radius 1 is 1.06 bits per heavy atom. The van der Waals surface area contributed by atoms with E-state index in [2.05, 4.69) is 25.7 Å². The van der Waals surface area contributed by atoms with Gasteiger partial charge >= 0.3 is 0 Å². The molecule has 11 heteroatoms. The topological polar surface area (TPSA) is 117 Å². The average Bonchev–Trinajstić information content (AvgIpc) is 3.28. The zero-order valence-corrected chi connectivity index (χ0v) is 18.4. The van der Waals surface area contributed by atoms with Crippen LogP contribution in [0.4, 0.5) is 27.5 Å². The normalized spacial score (nSPS) is 10.9. The number of hydrogen-bond acceptors (Lipinski definition) is 7. The monoisotopic (exact) mass is 479 g/mol. The van der Waals surface area contributed by atoms with Gasteiger partial charge in [-0.2, -0.15) is 10.1 Å². The standard InChI is InChI=1S/C23H19ClFN7O2/c24-20-12-26-23(30-22(20)28-18-8-6-17(25)7-9-18)29-19-11-27-32(14-19)13-16-3-1-15(2-4-16)5-10-21(33)31-34/h1-12,14,34H,13H2,(H,31,33)(H2,26,28,29,30). The summed E-state index contributed by atoms with van der Waals surface area (Å²) in [4.78, 5) is 19.6. The van der Waals surface area contributed by atoms with Gasteiger partial charge in [0.1, 0.15) is 10.8 Å². The molecule has 4 N–H and O–H groups in total. The molecule has 2 aromatic heterocycles. The second kappa shape index (κ2) is 10.6. The number of carbonyl (C=O) groups is 1. The van der Waals surface area contributed by atoms with E-state index in [0.717, 1.165) is 11.1 Å². The highest BCUT2D eigenvalue weighted by Gasteiger charge is 2.08. The summed E-state index contributed by atoms with van der Waals surface area (Å²) in [6.45, 7) is 0.529. The van der Waals surface area contributed by atoms with Crippen LogP contribution in [0.25, 0.3) is 6.08 Å². The highest BCUT2D eigenvalue weighted by molar-refractivity contribution is 6.32. The van der Waals surface area contributed by atoms with Crippen molar-refractivity contribution in [1.82, 2.24) is 25.2 Å². The van der Waals surface area contributed by atoms with Crippen molar-refractivity contribution in [2.24, 2.45) is 0 Å². The molecule has 172 valence electrons. The molecule has 0 bridgehead atoms. The van der Waals surface area contributed by atoms with E-state index in [4.69, 9.17) is 16.8 Å². The van der Waals surface area contributed by atoms with Crippen LogP contribution < -0.4 is 16.1 Å². The van der Waals surface area contributed by atoms with Gasteiger partial charge in [0.2, 0.25) is 5.95 Å². The Morgan fingerprint density at radius 3 is 2.56 bits per heavy atom. The summed E-state index contributed by atoms with van der Waals surface area (Å²) >= 11 is 6.19. The van der Waals surface area contributed by atoms with E-state index in [1.807, 2.05) is 30.5 Å². The fourth-order valence-electron chi connectivity index (χ4n) is 2.96. The smallest absolute Gasteiger partial charge is 0.267 e. The van der Waals surface area contributed by atoms with Crippen LogP contribution in [-0.4, -0.2) is 30.9 Å². The summed E-state index contributed by atoms with van der Waals surface area (Å²) in [6, 6.07) is 13.4. The molecule has 0 saturated heterocycles. The maximum absolute atomic E-state index is 13.1. The summed E-state index contributed by atoms with van der Waals surface area (Å²) in [7, 11) is 0. The Bertz CT molecular complexity index is 1310. The molecule has 9 nitrogen and oxygen atoms in total. The van der Waals surface area contributed by atoms with E-state index in [1.54, 1.807) is 34.6 Å². The lowest BCUT2D eigenvalue weighted by Gasteiger charge is -2.09. The molecule has 2 aromatic carbocycles. The van der Waals surface area contributed by atoms with Crippen LogP contribution in [0.3, 0.4) is 0 Å². The van der Waals surface area contributed by atoms with Crippen LogP contribution in [0, 0.1) is 5.82 Å². The molecule has 2 heterocycles. The lowest BCUT2D eigenvalue weighted by Crippen LogP contribution is -2.14. The SMILES string of the molecule is O=C(C=Cc1ccc(Cn2cc(Nc3ncc(Cl)c(Nc4ccc(F)cc4)n3)cn2)cc1)NO. The van der Waals surface area contributed by atoms with E-state index in [9.17, 15) is 9.18 Å². The molecule has 0 aliphatic rings. The molecule has 0 aliphatic heterocycles. The fraction of sp³-hybridized carbons (Fsp3) is 0.0435. The van der Waals surface area contributed by atoms with Gasteiger partial charge in [-0.1, -0.05) is 35.9 Å². The van der Waals surface area contributed by atoms with Crippen molar-refractivity contribution < 1.29 is 14.4 Å². The first kappa shape index (κ1) is 22.9. The number of halogens is 2. The van der Waals surface area contributed by atoms with Crippen molar-refractivity contribution in [3.05, 3.63) is 95.2 Å². The van der Waals surface area contributed by atoms with Gasteiger partial charge in [0.05, 0.1) is 24.6 Å². The van der Waals surface area contributed by atoms with Crippen LogP contribution in [0.2, 0.25) is 5.02 Å². The molecule has 0 radical (unpaired) electrons. The van der Waals surface area contributed by atoms with Crippen LogP contribution >= 0.6 is 11.6 Å². The third kappa shape index (κ3) is 6.15. The predicted octanol–water partition coefficient (Wildman–Crippen LogP) is 4.52. The highest BCUT2D eigenvalue weighted by Crippen LogP contribution is 2.25. The molecule has 4 rings (SSSR count). The zero-order valence-electron chi connectivity index (χ0n) is 17.6. The third-order valence-electron chi connectivity index (χ3n) is 4.60. The van der Waals surface area contributed by atoms with Gasteiger partial charge < -0.3 is 10.6 Å². The summed E-state index contributed by atoms with van der Waals surface area (Å²) in [5, 5.41) is 19.3. The first-order valence-electron chi connectivity index (χ1n) is 10.0. The highest BCUT2D eigenvalue weighted by atomic mass is 35.5. The van der Waals surface area contributed by atoms with Crippen LogP contribution in [0.5, 0.6) is 0 Å². The molecule has 4 aromatic rings. The Morgan fingerprint density at radius 2 is 1.82 bits per heavy atom. The summed E-state index contributed by atoms with van der Waals surface area (Å²) in [5.74, 6) is -0.234. The number of rotatable bonds is 8. The Labute approximate surface area is 198 Å². The molecule has 1 amide bonds. The summed E-state index contributed by atoms with van der Waals surface area (Å²) < 4.78 is 14.9. The zero-order chi connectivity index (χ0) is 23.9. The van der Waals surface area contributed by atoms with Gasteiger partial charge in [0.25, 0.3) is 5.91 Å². The number of aromatic nitrogens is 4. The number of amides is 1. The summed E-state index contributed by atoms with van der Waals surface area (Å²) in [5.41, 5.74) is 4.69. The number of hydrogen-bond donors (Lipinski definition) is 4. The predicted molar refractivity (Wildman–Crippen MR) is 127 cm³/mol. The van der Waals surface area contributed by atoms with Crippen molar-refractivity contribution in [2.45, 2.75) is 6.54 Å². The molecular weight excluding hydrogens is 461 g/mol. The van der Waals surface area contributed by atoms with Gasteiger partial charge in [-0.05, 0) is 41.5 Å². The first-order chi connectivity index (χ1) is 16.5. The molecule has 0 unspecified atom stereocenters. The lowest BCUT2D eigenvalue weighted by atomic mass is 10.1. The van der Waals surface area contributed by atoms with Crippen molar-refractivity contribution in [3.63, 3.8) is 0 Å². The van der Waals surface area contributed by atoms with Gasteiger partial charge in [-0.25, -0.2) is 14.9 Å². The van der Waals surface area contributed by atoms with E-state index in [1.165, 1.54) is 24.4 Å². The maximum Gasteiger partial charge on any atom is 0.267 e. The largest absolute Gasteiger partial charge is 0.339 e. The number of anilines is 4. The Balaban J connectivity index is 1.39. The summed E-state index contributed by atoms with van der Waals surface area (Å²) in [6.07, 6.45) is 7.75. The van der Waals surface area contributed by atoms with Gasteiger partial charge in [0, 0.05) is 18.0 Å². The van der Waals surface area contributed by atoms with E-state index in [-0.39, 0.29) is 5.82 Å². The van der Waals surface area contributed by atoms with E-state index < -0.39 is 5.91 Å². The first-order valence-corrected chi connectivity index (χ1v) is 10.4. The number of nitrogens with zero attached hydrogens (tertiary/aromatic N) is 4. The molecular formula is C23H19ClFN7O2. The minimum Gasteiger partial charge on any atom is -0.339 e. The fourth-order valence-corrected chi connectivity index (χ4v) is 3.10. The minimum atomic E-state index is -0.594. The van der Waals surface area contributed by atoms with Crippen molar-refractivity contribution in [2.75, 3.05) is 10.6 Å². The number of nitrogens with one attached hydrogen (secondary N) is 3. The Kier molecular flexibility index (Phi) is 7.11. The molecule has 0 spiro atoms. The number of carbonyl (C=O) groups excluding carboxylic acids is 1. The molecule has 0 fully saturated rings. The second-order valence-corrected chi connectivity index (χ2v) is 7.53. The molecule has 0 atom stereocenters. The molecule has 34 heavy (non-hydrogen) atoms. The van der Waals surface area contributed by atoms with Gasteiger partial charge in [-0.3, -0.25) is 14.7 Å². The van der Waals surface area contributed by atoms with Crippen molar-refractivity contribution >= 4 is 46.7 Å². The van der Waals surface area contributed by atoms with E-state index in [0.29, 0.717) is 34.7 Å². The average molecular weight is 480 g/mol. The molecule has 0 aliphatic carbocycles.